The molecule has 5 aromatic rings. The fourth-order valence-corrected chi connectivity index (χ4v) is 8.74. The minimum Gasteiger partial charge on any atom is -0.322 e. The van der Waals surface area contributed by atoms with Crippen molar-refractivity contribution in [1.29, 1.82) is 0 Å². The first-order valence-corrected chi connectivity index (χ1v) is 19.5. The van der Waals surface area contributed by atoms with Crippen LogP contribution in [0.15, 0.2) is 103 Å². The Bertz CT molecular complexity index is 2050. The Morgan fingerprint density at radius 2 is 1.11 bits per heavy atom. The van der Waals surface area contributed by atoms with E-state index in [0.717, 1.165) is 86.4 Å². The normalized spacial score (nSPS) is 19.9. The second-order valence-electron chi connectivity index (χ2n) is 14.2. The molecule has 0 bridgehead atoms. The maximum absolute atomic E-state index is 12.7. The number of halogens is 2. The number of para-hydroxylation sites is 1. The van der Waals surface area contributed by atoms with Gasteiger partial charge in [0, 0.05) is 80.5 Å². The van der Waals surface area contributed by atoms with Crippen molar-refractivity contribution in [2.75, 3.05) is 57.7 Å². The van der Waals surface area contributed by atoms with Crippen molar-refractivity contribution < 1.29 is 4.79 Å². The van der Waals surface area contributed by atoms with Gasteiger partial charge in [-0.25, -0.2) is 4.79 Å². The van der Waals surface area contributed by atoms with Gasteiger partial charge in [0.25, 0.3) is 0 Å². The number of nitrogens with zero attached hydrogens (tertiary/aromatic N) is 5. The van der Waals surface area contributed by atoms with Gasteiger partial charge >= 0.3 is 6.03 Å². The van der Waals surface area contributed by atoms with Crippen molar-refractivity contribution in [2.24, 2.45) is 0 Å². The highest BCUT2D eigenvalue weighted by Crippen LogP contribution is 2.38. The van der Waals surface area contributed by atoms with Crippen molar-refractivity contribution in [1.82, 2.24) is 30.0 Å². The molecule has 0 radical (unpaired) electrons. The molecule has 2 atom stereocenters. The quantitative estimate of drug-likeness (QED) is 0.198. The van der Waals surface area contributed by atoms with E-state index in [1.165, 1.54) is 39.1 Å². The molecule has 2 aromatic heterocycles. The highest BCUT2D eigenvalue weighted by molar-refractivity contribution is 6.31. The number of carbonyl (C=O) groups excluding carboxylic acids is 1. The van der Waals surface area contributed by atoms with Crippen molar-refractivity contribution in [3.8, 4) is 0 Å². The summed E-state index contributed by atoms with van der Waals surface area (Å²) in [4.78, 5) is 29.2. The summed E-state index contributed by atoms with van der Waals surface area (Å²) in [7, 11) is 0. The molecular formula is C43H45Cl2N7O. The summed E-state index contributed by atoms with van der Waals surface area (Å²) < 4.78 is 0. The van der Waals surface area contributed by atoms with E-state index in [4.69, 9.17) is 33.2 Å². The van der Waals surface area contributed by atoms with Gasteiger partial charge in [-0.3, -0.25) is 19.8 Å². The van der Waals surface area contributed by atoms with Crippen molar-refractivity contribution >= 4 is 34.9 Å². The third-order valence-corrected chi connectivity index (χ3v) is 11.5. The van der Waals surface area contributed by atoms with E-state index < -0.39 is 0 Å². The van der Waals surface area contributed by atoms with Crippen LogP contribution in [0.5, 0.6) is 0 Å². The zero-order chi connectivity index (χ0) is 36.1. The molecule has 4 aliphatic rings. The number of hydrogen-bond acceptors (Lipinski definition) is 6. The van der Waals surface area contributed by atoms with Gasteiger partial charge in [0.05, 0.1) is 23.5 Å². The molecule has 2 aliphatic heterocycles. The molecule has 2 aliphatic carbocycles. The van der Waals surface area contributed by atoms with Gasteiger partial charge in [-0.1, -0.05) is 65.7 Å². The number of urea groups is 1. The molecule has 2 saturated heterocycles. The molecule has 4 heterocycles. The molecule has 0 spiro atoms. The summed E-state index contributed by atoms with van der Waals surface area (Å²) in [5, 5.41) is 8.05. The lowest BCUT2D eigenvalue weighted by atomic mass is 9.96. The number of hydrogen-bond donors (Lipinski definition) is 2. The van der Waals surface area contributed by atoms with Gasteiger partial charge in [-0.05, 0) is 108 Å². The zero-order valence-electron chi connectivity index (χ0n) is 29.9. The average Bonchev–Trinajstić information content (AvgIpc) is 3.46. The Balaban J connectivity index is 0.000000160. The van der Waals surface area contributed by atoms with Crippen LogP contribution in [0.4, 0.5) is 10.5 Å². The predicted molar refractivity (Wildman–Crippen MR) is 213 cm³/mol. The van der Waals surface area contributed by atoms with E-state index in [-0.39, 0.29) is 18.1 Å². The average molecular weight is 747 g/mol. The summed E-state index contributed by atoms with van der Waals surface area (Å²) in [6, 6.07) is 31.0. The van der Waals surface area contributed by atoms with Crippen molar-refractivity contribution in [2.45, 2.75) is 37.8 Å². The first-order valence-electron chi connectivity index (χ1n) is 18.8. The van der Waals surface area contributed by atoms with Crippen LogP contribution in [0.3, 0.4) is 0 Å². The number of anilines is 1. The van der Waals surface area contributed by atoms with Crippen LogP contribution < -0.4 is 10.6 Å². The molecule has 2 fully saturated rings. The second-order valence-corrected chi connectivity index (χ2v) is 15.1. The number of amides is 2. The third-order valence-electron chi connectivity index (χ3n) is 11.0. The van der Waals surface area contributed by atoms with Crippen molar-refractivity contribution in [3.63, 3.8) is 0 Å². The van der Waals surface area contributed by atoms with Crippen LogP contribution in [0, 0.1) is 0 Å². The molecule has 9 rings (SSSR count). The van der Waals surface area contributed by atoms with Crippen LogP contribution in [0.2, 0.25) is 10.0 Å². The Hall–Kier alpha value is -4.31. The SMILES string of the molecule is Clc1ccc2c(c1)CCc1cccnc1C2N1CCNCC1.O=C(Nc1ccccc1)N1CCN(C2c3ccc(Cl)cc3CCc3cccnc32)CC1. The molecule has 10 heteroatoms. The number of nitrogens with one attached hydrogen (secondary N) is 2. The first-order chi connectivity index (χ1) is 26.0. The van der Waals surface area contributed by atoms with E-state index in [2.05, 4.69) is 62.9 Å². The number of aromatic nitrogens is 2. The molecular weight excluding hydrogens is 701 g/mol. The van der Waals surface area contributed by atoms with Gasteiger partial charge < -0.3 is 15.5 Å². The van der Waals surface area contributed by atoms with E-state index in [1.54, 1.807) is 0 Å². The largest absolute Gasteiger partial charge is 0.322 e. The highest BCUT2D eigenvalue weighted by atomic mass is 35.5. The summed E-state index contributed by atoms with van der Waals surface area (Å²) in [5.41, 5.74) is 11.2. The molecule has 2 N–H and O–H groups in total. The van der Waals surface area contributed by atoms with Gasteiger partial charge in [-0.15, -0.1) is 0 Å². The third kappa shape index (κ3) is 7.98. The van der Waals surface area contributed by atoms with E-state index in [0.29, 0.717) is 13.1 Å². The number of fused-ring (bicyclic) bond motifs is 4. The van der Waals surface area contributed by atoms with Crippen LogP contribution in [-0.2, 0) is 25.7 Å². The van der Waals surface area contributed by atoms with Gasteiger partial charge in [0.2, 0.25) is 0 Å². The van der Waals surface area contributed by atoms with Gasteiger partial charge in [0.15, 0.2) is 0 Å². The predicted octanol–water partition coefficient (Wildman–Crippen LogP) is 7.60. The minimum absolute atomic E-state index is 0.0441. The van der Waals surface area contributed by atoms with Gasteiger partial charge in [0.1, 0.15) is 0 Å². The number of aryl methyl sites for hydroxylation is 4. The smallest absolute Gasteiger partial charge is 0.321 e. The van der Waals surface area contributed by atoms with E-state index in [9.17, 15) is 4.79 Å². The van der Waals surface area contributed by atoms with Crippen LogP contribution in [0.25, 0.3) is 0 Å². The summed E-state index contributed by atoms with van der Waals surface area (Å²) in [6.07, 6.45) is 7.82. The fraction of sp³-hybridized carbons (Fsp3) is 0.326. The summed E-state index contributed by atoms with van der Waals surface area (Å²) in [5.74, 6) is 0. The molecule has 8 nitrogen and oxygen atoms in total. The molecule has 272 valence electrons. The number of rotatable bonds is 3. The monoisotopic (exact) mass is 745 g/mol. The second kappa shape index (κ2) is 16.4. The van der Waals surface area contributed by atoms with Crippen LogP contribution in [-0.4, -0.2) is 83.1 Å². The Kier molecular flexibility index (Phi) is 11.0. The number of benzene rings is 3. The maximum atomic E-state index is 12.7. The minimum atomic E-state index is -0.0441. The van der Waals surface area contributed by atoms with Crippen LogP contribution in [0.1, 0.15) is 56.9 Å². The lowest BCUT2D eigenvalue weighted by Gasteiger charge is -2.39. The highest BCUT2D eigenvalue weighted by Gasteiger charge is 2.34. The summed E-state index contributed by atoms with van der Waals surface area (Å²) in [6.45, 7) is 7.16. The molecule has 2 unspecified atom stereocenters. The topological polar surface area (TPSA) is 76.6 Å². The molecule has 0 saturated carbocycles. The van der Waals surface area contributed by atoms with Crippen LogP contribution >= 0.6 is 23.2 Å². The lowest BCUT2D eigenvalue weighted by Crippen LogP contribution is -2.51. The Labute approximate surface area is 322 Å². The Morgan fingerprint density at radius 3 is 1.66 bits per heavy atom. The number of piperazine rings is 2. The fourth-order valence-electron chi connectivity index (χ4n) is 8.35. The summed E-state index contributed by atoms with van der Waals surface area (Å²) >= 11 is 12.6. The van der Waals surface area contributed by atoms with E-state index >= 15 is 0 Å². The number of pyridine rings is 2. The maximum Gasteiger partial charge on any atom is 0.321 e. The first kappa shape index (κ1) is 35.7. The van der Waals surface area contributed by atoms with Gasteiger partial charge in [-0.2, -0.15) is 0 Å². The lowest BCUT2D eigenvalue weighted by molar-refractivity contribution is 0.125. The molecule has 3 aromatic carbocycles. The Morgan fingerprint density at radius 1 is 0.604 bits per heavy atom. The molecule has 53 heavy (non-hydrogen) atoms. The van der Waals surface area contributed by atoms with Crippen molar-refractivity contribution in [3.05, 3.63) is 158 Å². The zero-order valence-corrected chi connectivity index (χ0v) is 31.4. The number of carbonyl (C=O) groups is 1. The standard InChI is InChI=1S/C25H25ClN4O.C18H20ClN3/c26-20-10-11-22-19(17-20)9-8-18-5-4-12-27-23(18)24(22)29-13-15-30(16-14-29)25(31)28-21-6-2-1-3-7-21;19-15-5-6-16-14(12-15)4-3-13-2-1-7-21-17(13)18(16)22-10-8-20-9-11-22/h1-7,10-12,17,24H,8-9,13-16H2,(H,28,31);1-2,5-7,12,18,20H,3-4,8-11H2. The van der Waals surface area contributed by atoms with E-state index in [1.807, 2.05) is 65.8 Å². The molecule has 2 amide bonds.